The van der Waals surface area contributed by atoms with Crippen LogP contribution in [0.1, 0.15) is 25.7 Å². The van der Waals surface area contributed by atoms with E-state index in [-0.39, 0.29) is 12.3 Å². The molecule has 27 heavy (non-hydrogen) atoms. The number of hydrogen-bond donors (Lipinski definition) is 2. The third kappa shape index (κ3) is 5.05. The molecule has 8 heteroatoms. The number of ether oxygens (including phenoxy) is 1. The number of benzene rings is 1. The lowest BCUT2D eigenvalue weighted by molar-refractivity contribution is -0.141. The van der Waals surface area contributed by atoms with Gasteiger partial charge < -0.3 is 15.2 Å². The Morgan fingerprint density at radius 3 is 2.59 bits per heavy atom. The third-order valence-electron chi connectivity index (χ3n) is 4.62. The molecular weight excluding hydrogens is 366 g/mol. The summed E-state index contributed by atoms with van der Waals surface area (Å²) in [5.74, 6) is -0.519. The molecule has 1 aromatic carbocycles. The van der Waals surface area contributed by atoms with Crippen molar-refractivity contribution in [3.05, 3.63) is 29.6 Å². The summed E-state index contributed by atoms with van der Waals surface area (Å²) < 4.78 is 5.15. The van der Waals surface area contributed by atoms with Gasteiger partial charge in [-0.05, 0) is 50.2 Å². The first kappa shape index (κ1) is 19.3. The quantitative estimate of drug-likeness (QED) is 0.756. The lowest BCUT2D eigenvalue weighted by atomic mass is 10.1. The zero-order valence-electron chi connectivity index (χ0n) is 15.2. The van der Waals surface area contributed by atoms with E-state index in [4.69, 9.17) is 4.74 Å². The number of amides is 1. The van der Waals surface area contributed by atoms with Crippen molar-refractivity contribution in [3.8, 4) is 17.0 Å². The third-order valence-corrected chi connectivity index (χ3v) is 5.38. The van der Waals surface area contributed by atoms with E-state index in [1.54, 1.807) is 7.11 Å². The van der Waals surface area contributed by atoms with E-state index in [9.17, 15) is 14.7 Å². The van der Waals surface area contributed by atoms with Crippen LogP contribution in [0.2, 0.25) is 0 Å². The Bertz CT molecular complexity index is 785. The van der Waals surface area contributed by atoms with E-state index in [1.165, 1.54) is 11.3 Å². The molecule has 1 aliphatic rings. The number of aliphatic carboxylic acids is 1. The van der Waals surface area contributed by atoms with E-state index < -0.39 is 12.0 Å². The van der Waals surface area contributed by atoms with Crippen molar-refractivity contribution in [2.75, 3.05) is 25.5 Å². The maximum Gasteiger partial charge on any atom is 0.305 e. The molecule has 1 atom stereocenters. The molecule has 1 saturated heterocycles. The highest BCUT2D eigenvalue weighted by molar-refractivity contribution is 7.14. The van der Waals surface area contributed by atoms with Crippen LogP contribution in [-0.2, 0) is 9.59 Å². The van der Waals surface area contributed by atoms with Crippen LogP contribution >= 0.6 is 11.3 Å². The molecule has 144 valence electrons. The first-order valence-electron chi connectivity index (χ1n) is 8.93. The summed E-state index contributed by atoms with van der Waals surface area (Å²) in [6, 6.07) is 6.84. The lowest BCUT2D eigenvalue weighted by Crippen LogP contribution is -2.47. The first-order valence-corrected chi connectivity index (χ1v) is 9.81. The van der Waals surface area contributed by atoms with Crippen LogP contribution in [0.5, 0.6) is 5.75 Å². The molecule has 0 radical (unpaired) electrons. The van der Waals surface area contributed by atoms with Gasteiger partial charge in [0.25, 0.3) is 0 Å². The number of thiazole rings is 1. The number of anilines is 1. The Morgan fingerprint density at radius 2 is 1.96 bits per heavy atom. The van der Waals surface area contributed by atoms with Crippen LogP contribution in [0.3, 0.4) is 0 Å². The number of carbonyl (C=O) groups is 2. The number of carbonyl (C=O) groups excluding carboxylic acids is 1. The van der Waals surface area contributed by atoms with E-state index >= 15 is 0 Å². The van der Waals surface area contributed by atoms with Crippen molar-refractivity contribution in [2.24, 2.45) is 0 Å². The molecule has 2 aromatic rings. The van der Waals surface area contributed by atoms with Gasteiger partial charge in [0.1, 0.15) is 11.8 Å². The summed E-state index contributed by atoms with van der Waals surface area (Å²) in [6.07, 6.45) is 2.89. The maximum atomic E-state index is 12.7. The molecule has 2 N–H and O–H groups in total. The number of nitrogens with zero attached hydrogens (tertiary/aromatic N) is 2. The molecule has 1 amide bonds. The highest BCUT2D eigenvalue weighted by atomic mass is 32.1. The Balaban J connectivity index is 1.69. The first-order chi connectivity index (χ1) is 13.1. The molecule has 1 aromatic heterocycles. The summed E-state index contributed by atoms with van der Waals surface area (Å²) in [5, 5.41) is 14.3. The summed E-state index contributed by atoms with van der Waals surface area (Å²) in [5.41, 5.74) is 1.68. The van der Waals surface area contributed by atoms with Gasteiger partial charge in [-0.1, -0.05) is 6.42 Å². The molecule has 3 rings (SSSR count). The second-order valence-corrected chi connectivity index (χ2v) is 7.32. The highest BCUT2D eigenvalue weighted by Gasteiger charge is 2.29. The molecule has 2 heterocycles. The molecule has 0 spiro atoms. The minimum Gasteiger partial charge on any atom is -0.497 e. The van der Waals surface area contributed by atoms with Crippen molar-refractivity contribution >= 4 is 28.3 Å². The SMILES string of the molecule is COc1ccc(-c2csc(NC(=O)C(CC(=O)O)N3CCCCC3)n2)cc1. The zero-order valence-corrected chi connectivity index (χ0v) is 16.0. The fourth-order valence-corrected chi connectivity index (χ4v) is 3.92. The molecule has 0 saturated carbocycles. The zero-order chi connectivity index (χ0) is 19.2. The predicted octanol–water partition coefficient (Wildman–Crippen LogP) is 3.09. The van der Waals surface area contributed by atoms with E-state index in [0.29, 0.717) is 5.13 Å². The molecule has 7 nitrogen and oxygen atoms in total. The van der Waals surface area contributed by atoms with Crippen molar-refractivity contribution in [1.82, 2.24) is 9.88 Å². The van der Waals surface area contributed by atoms with Gasteiger partial charge in [0, 0.05) is 10.9 Å². The van der Waals surface area contributed by atoms with Crippen LogP contribution in [-0.4, -0.2) is 53.1 Å². The molecular formula is C19H23N3O4S. The second-order valence-electron chi connectivity index (χ2n) is 6.47. The average Bonchev–Trinajstić information content (AvgIpc) is 3.15. The summed E-state index contributed by atoms with van der Waals surface area (Å²) in [7, 11) is 1.61. The van der Waals surface area contributed by atoms with Crippen LogP contribution < -0.4 is 10.1 Å². The molecule has 1 fully saturated rings. The standard InChI is InChI=1S/C19H23N3O4S/c1-26-14-7-5-13(6-8-14)15-12-27-19(20-15)21-18(25)16(11-17(23)24)22-9-3-2-4-10-22/h5-8,12,16H,2-4,9-11H2,1H3,(H,23,24)(H,20,21,25). The molecule has 0 aliphatic carbocycles. The Hall–Kier alpha value is -2.45. The van der Waals surface area contributed by atoms with Crippen molar-refractivity contribution in [2.45, 2.75) is 31.7 Å². The fourth-order valence-electron chi connectivity index (χ4n) is 3.20. The van der Waals surface area contributed by atoms with Crippen molar-refractivity contribution < 1.29 is 19.4 Å². The van der Waals surface area contributed by atoms with Gasteiger partial charge in [0.2, 0.25) is 5.91 Å². The molecule has 1 aliphatic heterocycles. The second kappa shape index (κ2) is 8.96. The monoisotopic (exact) mass is 389 g/mol. The number of methoxy groups -OCH3 is 1. The average molecular weight is 389 g/mol. The smallest absolute Gasteiger partial charge is 0.305 e. The topological polar surface area (TPSA) is 91.8 Å². The van der Waals surface area contributed by atoms with E-state index in [0.717, 1.165) is 49.4 Å². The van der Waals surface area contributed by atoms with E-state index in [1.807, 2.05) is 34.5 Å². The minimum atomic E-state index is -0.973. The number of aromatic nitrogens is 1. The van der Waals surface area contributed by atoms with Gasteiger partial charge in [-0.2, -0.15) is 0 Å². The van der Waals surface area contributed by atoms with Gasteiger partial charge in [-0.15, -0.1) is 11.3 Å². The maximum absolute atomic E-state index is 12.7. The summed E-state index contributed by atoms with van der Waals surface area (Å²) in [4.78, 5) is 30.4. The van der Waals surface area contributed by atoms with Gasteiger partial charge in [-0.25, -0.2) is 4.98 Å². The Labute approximate surface area is 162 Å². The molecule has 0 bridgehead atoms. The van der Waals surface area contributed by atoms with Crippen LogP contribution in [0.4, 0.5) is 5.13 Å². The summed E-state index contributed by atoms with van der Waals surface area (Å²) in [6.45, 7) is 1.50. The molecule has 1 unspecified atom stereocenters. The van der Waals surface area contributed by atoms with Gasteiger partial charge >= 0.3 is 5.97 Å². The number of likely N-dealkylation sites (tertiary alicyclic amines) is 1. The van der Waals surface area contributed by atoms with Crippen molar-refractivity contribution in [1.29, 1.82) is 0 Å². The number of nitrogens with one attached hydrogen (secondary N) is 1. The fraction of sp³-hybridized carbons (Fsp3) is 0.421. The number of rotatable bonds is 7. The number of piperidine rings is 1. The van der Waals surface area contributed by atoms with Crippen LogP contribution in [0.25, 0.3) is 11.3 Å². The Kier molecular flexibility index (Phi) is 6.41. The predicted molar refractivity (Wildman–Crippen MR) is 104 cm³/mol. The van der Waals surface area contributed by atoms with E-state index in [2.05, 4.69) is 10.3 Å². The van der Waals surface area contributed by atoms with Crippen molar-refractivity contribution in [3.63, 3.8) is 0 Å². The number of carboxylic acids is 1. The number of hydrogen-bond acceptors (Lipinski definition) is 6. The van der Waals surface area contributed by atoms with Gasteiger partial charge in [0.15, 0.2) is 5.13 Å². The van der Waals surface area contributed by atoms with Crippen LogP contribution in [0, 0.1) is 0 Å². The normalized spacial score (nSPS) is 15.9. The minimum absolute atomic E-state index is 0.206. The highest BCUT2D eigenvalue weighted by Crippen LogP contribution is 2.27. The lowest BCUT2D eigenvalue weighted by Gasteiger charge is -2.32. The Morgan fingerprint density at radius 1 is 1.26 bits per heavy atom. The van der Waals surface area contributed by atoms with Gasteiger partial charge in [0.05, 0.1) is 19.2 Å². The van der Waals surface area contributed by atoms with Crippen LogP contribution in [0.15, 0.2) is 29.6 Å². The number of carboxylic acid groups (broad SMARTS) is 1. The summed E-state index contributed by atoms with van der Waals surface area (Å²) >= 11 is 1.33. The van der Waals surface area contributed by atoms with Gasteiger partial charge in [-0.3, -0.25) is 14.5 Å². The largest absolute Gasteiger partial charge is 0.497 e.